The van der Waals surface area contributed by atoms with E-state index in [1.807, 2.05) is 10.9 Å². The highest BCUT2D eigenvalue weighted by Gasteiger charge is 2.31. The standard InChI is InChI=1S/C12H20ClN3O/c1-12(2)6-5-11(17-12)9-16-8-10(14-15-16)4-3-7-13/h8,11H,3-7,9H2,1-2H3. The van der Waals surface area contributed by atoms with Crippen LogP contribution in [0.5, 0.6) is 0 Å². The molecular formula is C12H20ClN3O. The first-order chi connectivity index (χ1) is 8.09. The summed E-state index contributed by atoms with van der Waals surface area (Å²) in [6.45, 7) is 5.08. The molecule has 96 valence electrons. The van der Waals surface area contributed by atoms with Crippen molar-refractivity contribution in [3.8, 4) is 0 Å². The number of rotatable bonds is 5. The molecule has 5 heteroatoms. The molecule has 1 atom stereocenters. The third-order valence-corrected chi connectivity index (χ3v) is 3.36. The predicted molar refractivity (Wildman–Crippen MR) is 67.2 cm³/mol. The van der Waals surface area contributed by atoms with Crippen molar-refractivity contribution in [3.05, 3.63) is 11.9 Å². The number of aromatic nitrogens is 3. The average molecular weight is 258 g/mol. The second-order valence-electron chi connectivity index (χ2n) is 5.26. The largest absolute Gasteiger partial charge is 0.370 e. The summed E-state index contributed by atoms with van der Waals surface area (Å²) in [5.74, 6) is 0.673. The van der Waals surface area contributed by atoms with E-state index in [0.29, 0.717) is 5.88 Å². The van der Waals surface area contributed by atoms with Crippen LogP contribution in [0.4, 0.5) is 0 Å². The number of nitrogens with zero attached hydrogens (tertiary/aromatic N) is 3. The Morgan fingerprint density at radius 2 is 2.41 bits per heavy atom. The Morgan fingerprint density at radius 3 is 3.06 bits per heavy atom. The van der Waals surface area contributed by atoms with Gasteiger partial charge >= 0.3 is 0 Å². The Hall–Kier alpha value is -0.610. The van der Waals surface area contributed by atoms with E-state index in [9.17, 15) is 0 Å². The van der Waals surface area contributed by atoms with E-state index >= 15 is 0 Å². The number of ether oxygens (including phenoxy) is 1. The van der Waals surface area contributed by atoms with Crippen molar-refractivity contribution in [2.75, 3.05) is 5.88 Å². The minimum atomic E-state index is 0.0205. The molecule has 0 aromatic carbocycles. The molecule has 0 N–H and O–H groups in total. The van der Waals surface area contributed by atoms with E-state index in [4.69, 9.17) is 16.3 Å². The summed E-state index contributed by atoms with van der Waals surface area (Å²) in [7, 11) is 0. The first kappa shape index (κ1) is 12.8. The van der Waals surface area contributed by atoms with E-state index in [-0.39, 0.29) is 11.7 Å². The average Bonchev–Trinajstić information content (AvgIpc) is 2.83. The van der Waals surface area contributed by atoms with E-state index in [1.165, 1.54) is 0 Å². The lowest BCUT2D eigenvalue weighted by Gasteiger charge is -2.18. The Labute approximate surface area is 107 Å². The molecule has 1 fully saturated rings. The van der Waals surface area contributed by atoms with Crippen LogP contribution in [-0.4, -0.2) is 32.6 Å². The Kier molecular flexibility index (Phi) is 4.05. The molecular weight excluding hydrogens is 238 g/mol. The molecule has 17 heavy (non-hydrogen) atoms. The number of aryl methyl sites for hydroxylation is 1. The molecule has 1 aromatic rings. The predicted octanol–water partition coefficient (Wildman–Crippen LogP) is 2.41. The smallest absolute Gasteiger partial charge is 0.0827 e. The van der Waals surface area contributed by atoms with Crippen LogP contribution in [0.15, 0.2) is 6.20 Å². The maximum absolute atomic E-state index is 5.93. The highest BCUT2D eigenvalue weighted by Crippen LogP contribution is 2.29. The van der Waals surface area contributed by atoms with Gasteiger partial charge in [0, 0.05) is 12.1 Å². The molecule has 1 unspecified atom stereocenters. The van der Waals surface area contributed by atoms with Crippen molar-refractivity contribution in [3.63, 3.8) is 0 Å². The molecule has 1 aromatic heterocycles. The van der Waals surface area contributed by atoms with Crippen LogP contribution in [0.1, 0.15) is 38.8 Å². The zero-order chi connectivity index (χ0) is 12.3. The maximum atomic E-state index is 5.93. The molecule has 1 aliphatic heterocycles. The zero-order valence-electron chi connectivity index (χ0n) is 10.5. The Morgan fingerprint density at radius 1 is 1.59 bits per heavy atom. The van der Waals surface area contributed by atoms with Crippen molar-refractivity contribution < 1.29 is 4.74 Å². The van der Waals surface area contributed by atoms with Gasteiger partial charge in [-0.3, -0.25) is 0 Å². The molecule has 0 radical (unpaired) electrons. The SMILES string of the molecule is CC1(C)CCC(Cn2cc(CCCCl)nn2)O1. The lowest BCUT2D eigenvalue weighted by molar-refractivity contribution is -0.0231. The van der Waals surface area contributed by atoms with Gasteiger partial charge in [-0.05, 0) is 39.5 Å². The van der Waals surface area contributed by atoms with Gasteiger partial charge in [-0.2, -0.15) is 0 Å². The topological polar surface area (TPSA) is 39.9 Å². The normalized spacial score (nSPS) is 23.1. The quantitative estimate of drug-likeness (QED) is 0.761. The summed E-state index contributed by atoms with van der Waals surface area (Å²) < 4.78 is 7.82. The van der Waals surface area contributed by atoms with Crippen LogP contribution in [0.2, 0.25) is 0 Å². The third-order valence-electron chi connectivity index (χ3n) is 3.10. The lowest BCUT2D eigenvalue weighted by atomic mass is 10.1. The second-order valence-corrected chi connectivity index (χ2v) is 5.64. The van der Waals surface area contributed by atoms with Gasteiger partial charge in [-0.1, -0.05) is 5.21 Å². The number of hydrogen-bond acceptors (Lipinski definition) is 3. The highest BCUT2D eigenvalue weighted by atomic mass is 35.5. The van der Waals surface area contributed by atoms with E-state index < -0.39 is 0 Å². The molecule has 0 saturated carbocycles. The summed E-state index contributed by atoms with van der Waals surface area (Å²) in [6.07, 6.45) is 6.34. The first-order valence-corrected chi connectivity index (χ1v) is 6.75. The Bertz CT molecular complexity index is 364. The second kappa shape index (κ2) is 5.36. The summed E-state index contributed by atoms with van der Waals surface area (Å²) >= 11 is 5.65. The zero-order valence-corrected chi connectivity index (χ0v) is 11.3. The van der Waals surface area contributed by atoms with Crippen LogP contribution in [0.3, 0.4) is 0 Å². The van der Waals surface area contributed by atoms with Gasteiger partial charge in [0.15, 0.2) is 0 Å². The van der Waals surface area contributed by atoms with Crippen molar-refractivity contribution >= 4 is 11.6 Å². The van der Waals surface area contributed by atoms with Gasteiger partial charge in [0.2, 0.25) is 0 Å². The summed E-state index contributed by atoms with van der Waals surface area (Å²) in [6, 6.07) is 0. The molecule has 0 bridgehead atoms. The summed E-state index contributed by atoms with van der Waals surface area (Å²) in [5.41, 5.74) is 1.04. The first-order valence-electron chi connectivity index (χ1n) is 6.22. The molecule has 2 rings (SSSR count). The maximum Gasteiger partial charge on any atom is 0.0827 e. The van der Waals surface area contributed by atoms with Crippen LogP contribution < -0.4 is 0 Å². The number of hydrogen-bond donors (Lipinski definition) is 0. The number of alkyl halides is 1. The fraction of sp³-hybridized carbons (Fsp3) is 0.833. The van der Waals surface area contributed by atoms with Crippen molar-refractivity contribution in [2.45, 2.75) is 57.8 Å². The minimum Gasteiger partial charge on any atom is -0.370 e. The van der Waals surface area contributed by atoms with Gasteiger partial charge in [0.1, 0.15) is 0 Å². The van der Waals surface area contributed by atoms with Crippen molar-refractivity contribution in [1.82, 2.24) is 15.0 Å². The van der Waals surface area contributed by atoms with Gasteiger partial charge < -0.3 is 4.74 Å². The van der Waals surface area contributed by atoms with Gasteiger partial charge in [0.05, 0.1) is 23.9 Å². The van der Waals surface area contributed by atoms with Crippen LogP contribution >= 0.6 is 11.6 Å². The van der Waals surface area contributed by atoms with Crippen molar-refractivity contribution in [1.29, 1.82) is 0 Å². The van der Waals surface area contributed by atoms with Gasteiger partial charge in [0.25, 0.3) is 0 Å². The van der Waals surface area contributed by atoms with Gasteiger partial charge in [-0.15, -0.1) is 16.7 Å². The molecule has 1 saturated heterocycles. The molecule has 0 aliphatic carbocycles. The monoisotopic (exact) mass is 257 g/mol. The third kappa shape index (κ3) is 3.68. The van der Waals surface area contributed by atoms with E-state index in [2.05, 4.69) is 24.2 Å². The molecule has 0 spiro atoms. The highest BCUT2D eigenvalue weighted by molar-refractivity contribution is 6.17. The number of halogens is 1. The van der Waals surface area contributed by atoms with Crippen LogP contribution in [-0.2, 0) is 17.7 Å². The Balaban J connectivity index is 1.85. The van der Waals surface area contributed by atoms with Crippen molar-refractivity contribution in [2.24, 2.45) is 0 Å². The summed E-state index contributed by atoms with van der Waals surface area (Å²) in [5, 5.41) is 8.25. The fourth-order valence-electron chi connectivity index (χ4n) is 2.21. The van der Waals surface area contributed by atoms with E-state index in [0.717, 1.165) is 37.9 Å². The molecule has 1 aliphatic rings. The van der Waals surface area contributed by atoms with Crippen LogP contribution in [0, 0.1) is 0 Å². The van der Waals surface area contributed by atoms with Gasteiger partial charge in [-0.25, -0.2) is 4.68 Å². The molecule has 4 nitrogen and oxygen atoms in total. The van der Waals surface area contributed by atoms with Crippen LogP contribution in [0.25, 0.3) is 0 Å². The molecule has 0 amide bonds. The lowest BCUT2D eigenvalue weighted by Crippen LogP contribution is -2.23. The minimum absolute atomic E-state index is 0.0205. The summed E-state index contributed by atoms with van der Waals surface area (Å²) in [4.78, 5) is 0. The molecule has 2 heterocycles. The van der Waals surface area contributed by atoms with E-state index in [1.54, 1.807) is 0 Å². The fourth-order valence-corrected chi connectivity index (χ4v) is 2.34.